The van der Waals surface area contributed by atoms with E-state index in [4.69, 9.17) is 9.15 Å². The summed E-state index contributed by atoms with van der Waals surface area (Å²) in [5.41, 5.74) is 0. The van der Waals surface area contributed by atoms with E-state index in [1.165, 1.54) is 4.88 Å². The molecule has 0 bridgehead atoms. The van der Waals surface area contributed by atoms with Crippen molar-refractivity contribution in [1.29, 1.82) is 0 Å². The molecule has 0 aliphatic heterocycles. The number of methoxy groups -OCH3 is 1. The Labute approximate surface area is 157 Å². The molecule has 2 rings (SSSR count). The molecule has 0 fully saturated rings. The third-order valence-corrected chi connectivity index (χ3v) is 3.78. The molecule has 23 heavy (non-hydrogen) atoms. The summed E-state index contributed by atoms with van der Waals surface area (Å²) in [4.78, 5) is 10.1. The van der Waals surface area contributed by atoms with Crippen LogP contribution in [0.3, 0.4) is 0 Å². The first-order valence-electron chi connectivity index (χ1n) is 7.22. The summed E-state index contributed by atoms with van der Waals surface area (Å²) < 4.78 is 10.4. The standard InChI is InChI=1S/C15H22N4O2S.HI/c1-12-10-18-14(22-12)11-19-15(17-7-9-20-2)16-6-5-13-4-3-8-21-13;/h3-4,8,10H,5-7,9,11H2,1-2H3,(H2,16,17,19);1H. The Morgan fingerprint density at radius 1 is 1.39 bits per heavy atom. The highest BCUT2D eigenvalue weighted by atomic mass is 127. The van der Waals surface area contributed by atoms with Gasteiger partial charge < -0.3 is 19.8 Å². The summed E-state index contributed by atoms with van der Waals surface area (Å²) in [7, 11) is 1.68. The first-order chi connectivity index (χ1) is 10.8. The van der Waals surface area contributed by atoms with E-state index in [9.17, 15) is 0 Å². The number of nitrogens with zero attached hydrogens (tertiary/aromatic N) is 2. The van der Waals surface area contributed by atoms with E-state index in [0.717, 1.165) is 29.7 Å². The van der Waals surface area contributed by atoms with Crippen LogP contribution in [0.4, 0.5) is 0 Å². The maximum atomic E-state index is 5.32. The average molecular weight is 450 g/mol. The minimum Gasteiger partial charge on any atom is -0.469 e. The number of aryl methyl sites for hydroxylation is 1. The minimum absolute atomic E-state index is 0. The van der Waals surface area contributed by atoms with Crippen molar-refractivity contribution in [2.45, 2.75) is 19.9 Å². The molecule has 0 aliphatic carbocycles. The molecule has 2 heterocycles. The Kier molecular flexibility index (Phi) is 9.88. The van der Waals surface area contributed by atoms with Gasteiger partial charge in [0.2, 0.25) is 0 Å². The Morgan fingerprint density at radius 2 is 2.22 bits per heavy atom. The zero-order valence-corrected chi connectivity index (χ0v) is 16.5. The zero-order chi connectivity index (χ0) is 15.6. The molecule has 0 saturated carbocycles. The van der Waals surface area contributed by atoms with Crippen LogP contribution in [0.5, 0.6) is 0 Å². The lowest BCUT2D eigenvalue weighted by Gasteiger charge is -2.11. The molecule has 2 N–H and O–H groups in total. The lowest BCUT2D eigenvalue weighted by Crippen LogP contribution is -2.40. The van der Waals surface area contributed by atoms with Gasteiger partial charge in [0.25, 0.3) is 0 Å². The van der Waals surface area contributed by atoms with E-state index < -0.39 is 0 Å². The molecule has 128 valence electrons. The van der Waals surface area contributed by atoms with Crippen LogP contribution in [0.1, 0.15) is 15.6 Å². The van der Waals surface area contributed by atoms with Crippen LogP contribution >= 0.6 is 35.3 Å². The summed E-state index contributed by atoms with van der Waals surface area (Å²) in [6.07, 6.45) is 4.37. The number of halogens is 1. The van der Waals surface area contributed by atoms with Gasteiger partial charge in [0, 0.05) is 37.7 Å². The smallest absolute Gasteiger partial charge is 0.191 e. The number of nitrogens with one attached hydrogen (secondary N) is 2. The van der Waals surface area contributed by atoms with Gasteiger partial charge in [-0.1, -0.05) is 0 Å². The van der Waals surface area contributed by atoms with Crippen molar-refractivity contribution in [2.24, 2.45) is 4.99 Å². The van der Waals surface area contributed by atoms with Gasteiger partial charge in [-0.15, -0.1) is 35.3 Å². The Hall–Kier alpha value is -1.13. The molecule has 0 saturated heterocycles. The summed E-state index contributed by atoms with van der Waals surface area (Å²) in [6.45, 7) is 4.71. The number of thiazole rings is 1. The lowest BCUT2D eigenvalue weighted by atomic mass is 10.3. The van der Waals surface area contributed by atoms with E-state index >= 15 is 0 Å². The molecule has 0 unspecified atom stereocenters. The van der Waals surface area contributed by atoms with Crippen molar-refractivity contribution in [3.8, 4) is 0 Å². The van der Waals surface area contributed by atoms with Gasteiger partial charge in [0.15, 0.2) is 5.96 Å². The molecule has 8 heteroatoms. The molecule has 2 aromatic heterocycles. The SMILES string of the molecule is COCCNC(=NCc1ncc(C)s1)NCCc1ccco1.I. The Bertz CT molecular complexity index is 572. The van der Waals surface area contributed by atoms with Gasteiger partial charge in [-0.2, -0.15) is 0 Å². The van der Waals surface area contributed by atoms with Crippen LogP contribution in [0, 0.1) is 6.92 Å². The fraction of sp³-hybridized carbons (Fsp3) is 0.467. The Balaban J connectivity index is 0.00000264. The van der Waals surface area contributed by atoms with Gasteiger partial charge in [-0.05, 0) is 19.1 Å². The van der Waals surface area contributed by atoms with Crippen molar-refractivity contribution < 1.29 is 9.15 Å². The average Bonchev–Trinajstić information content (AvgIpc) is 3.16. The van der Waals surface area contributed by atoms with Gasteiger partial charge in [0.1, 0.15) is 10.8 Å². The monoisotopic (exact) mass is 450 g/mol. The Morgan fingerprint density at radius 3 is 2.87 bits per heavy atom. The van der Waals surface area contributed by atoms with Crippen LogP contribution in [0.2, 0.25) is 0 Å². The van der Waals surface area contributed by atoms with E-state index in [2.05, 4.69) is 20.6 Å². The van der Waals surface area contributed by atoms with Crippen molar-refractivity contribution in [2.75, 3.05) is 26.8 Å². The largest absolute Gasteiger partial charge is 0.469 e. The molecule has 0 aromatic carbocycles. The number of hydrogen-bond acceptors (Lipinski definition) is 5. The van der Waals surface area contributed by atoms with E-state index in [-0.39, 0.29) is 24.0 Å². The quantitative estimate of drug-likeness (QED) is 0.280. The second-order valence-electron chi connectivity index (χ2n) is 4.71. The third-order valence-electron chi connectivity index (χ3n) is 2.88. The van der Waals surface area contributed by atoms with E-state index in [0.29, 0.717) is 19.7 Å². The van der Waals surface area contributed by atoms with E-state index in [1.54, 1.807) is 24.7 Å². The normalized spacial score (nSPS) is 11.1. The molecule has 6 nitrogen and oxygen atoms in total. The number of hydrogen-bond donors (Lipinski definition) is 2. The minimum atomic E-state index is 0. The third kappa shape index (κ3) is 7.80. The highest BCUT2D eigenvalue weighted by Crippen LogP contribution is 2.11. The maximum Gasteiger partial charge on any atom is 0.191 e. The lowest BCUT2D eigenvalue weighted by molar-refractivity contribution is 0.203. The van der Waals surface area contributed by atoms with Gasteiger partial charge in [-0.25, -0.2) is 9.98 Å². The van der Waals surface area contributed by atoms with Crippen LogP contribution in [-0.4, -0.2) is 37.7 Å². The summed E-state index contributed by atoms with van der Waals surface area (Å²) in [5, 5.41) is 7.54. The van der Waals surface area contributed by atoms with Crippen molar-refractivity contribution in [1.82, 2.24) is 15.6 Å². The van der Waals surface area contributed by atoms with Crippen LogP contribution in [0.25, 0.3) is 0 Å². The summed E-state index contributed by atoms with van der Waals surface area (Å²) in [5.74, 6) is 1.72. The molecular weight excluding hydrogens is 427 g/mol. The van der Waals surface area contributed by atoms with E-state index in [1.807, 2.05) is 25.3 Å². The molecule has 0 radical (unpaired) electrons. The first-order valence-corrected chi connectivity index (χ1v) is 8.04. The molecule has 0 spiro atoms. The molecule has 2 aromatic rings. The van der Waals surface area contributed by atoms with Crippen molar-refractivity contribution in [3.05, 3.63) is 40.2 Å². The molecule has 0 aliphatic rings. The second-order valence-corrected chi connectivity index (χ2v) is 6.02. The zero-order valence-electron chi connectivity index (χ0n) is 13.4. The highest BCUT2D eigenvalue weighted by molar-refractivity contribution is 14.0. The van der Waals surface area contributed by atoms with Crippen molar-refractivity contribution >= 4 is 41.3 Å². The fourth-order valence-electron chi connectivity index (χ4n) is 1.83. The number of guanidine groups is 1. The summed E-state index contributed by atoms with van der Waals surface area (Å²) in [6, 6.07) is 3.86. The van der Waals surface area contributed by atoms with Crippen LogP contribution < -0.4 is 10.6 Å². The van der Waals surface area contributed by atoms with Gasteiger partial charge in [0.05, 0.1) is 19.4 Å². The highest BCUT2D eigenvalue weighted by Gasteiger charge is 2.02. The fourth-order valence-corrected chi connectivity index (χ4v) is 2.54. The molecule has 0 atom stereocenters. The molecule has 0 amide bonds. The van der Waals surface area contributed by atoms with Gasteiger partial charge >= 0.3 is 0 Å². The van der Waals surface area contributed by atoms with Crippen LogP contribution in [0.15, 0.2) is 34.0 Å². The van der Waals surface area contributed by atoms with Gasteiger partial charge in [-0.3, -0.25) is 0 Å². The predicted molar refractivity (Wildman–Crippen MR) is 104 cm³/mol. The maximum absolute atomic E-state index is 5.32. The number of ether oxygens (including phenoxy) is 1. The number of aliphatic imine (C=N–C) groups is 1. The predicted octanol–water partition coefficient (Wildman–Crippen LogP) is 2.59. The topological polar surface area (TPSA) is 71.7 Å². The second kappa shape index (κ2) is 11.4. The molecular formula is C15H23IN4O2S. The first kappa shape index (κ1) is 19.9. The van der Waals surface area contributed by atoms with Crippen molar-refractivity contribution in [3.63, 3.8) is 0 Å². The summed E-state index contributed by atoms with van der Waals surface area (Å²) >= 11 is 1.67. The number of rotatable bonds is 8. The number of furan rings is 1. The number of aromatic nitrogens is 1. The van der Waals surface area contributed by atoms with Crippen LogP contribution in [-0.2, 0) is 17.7 Å².